The first-order chi connectivity index (χ1) is 10.8. The van der Waals surface area contributed by atoms with E-state index < -0.39 is 42.8 Å². The number of rotatable bonds is 4. The Kier molecular flexibility index (Phi) is 5.89. The van der Waals surface area contributed by atoms with E-state index in [2.05, 4.69) is 10.3 Å². The largest absolute Gasteiger partial charge is 0.394 e. The summed E-state index contributed by atoms with van der Waals surface area (Å²) in [5.74, 6) is -0.0246. The minimum atomic E-state index is -1.54. The topological polar surface area (TPSA) is 137 Å². The van der Waals surface area contributed by atoms with Crippen molar-refractivity contribution in [3.05, 3.63) is 15.4 Å². The zero-order chi connectivity index (χ0) is 17.3. The van der Waals surface area contributed by atoms with Crippen LogP contribution in [0.25, 0.3) is 0 Å². The summed E-state index contributed by atoms with van der Waals surface area (Å²) in [6.45, 7) is -0.559. The maximum Gasteiger partial charge on any atom is 0.274 e. The number of aliphatic hydroxyl groups excluding tert-OH is 4. The van der Waals surface area contributed by atoms with Crippen molar-refractivity contribution in [3.8, 4) is 0 Å². The molecule has 0 saturated carbocycles. The lowest BCUT2D eigenvalue weighted by Gasteiger charge is -2.40. The van der Waals surface area contributed by atoms with Crippen LogP contribution in [0.2, 0.25) is 5.02 Å². The van der Waals surface area contributed by atoms with Gasteiger partial charge in [0.05, 0.1) is 6.61 Å². The van der Waals surface area contributed by atoms with Gasteiger partial charge in [0, 0.05) is 7.05 Å². The Balaban J connectivity index is 2.31. The van der Waals surface area contributed by atoms with Crippen LogP contribution in [0.5, 0.6) is 0 Å². The number of aliphatic hydroxyl groups is 4. The van der Waals surface area contributed by atoms with Gasteiger partial charge in [0.15, 0.2) is 17.2 Å². The highest BCUT2D eigenvalue weighted by Gasteiger charge is 2.43. The maximum atomic E-state index is 12.0. The fraction of sp³-hybridized carbons (Fsp3) is 0.667. The molecule has 1 aromatic rings. The molecule has 1 aromatic heterocycles. The van der Waals surface area contributed by atoms with E-state index >= 15 is 0 Å². The molecule has 0 radical (unpaired) electrons. The molecule has 2 rings (SSSR count). The van der Waals surface area contributed by atoms with Crippen molar-refractivity contribution in [3.63, 3.8) is 0 Å². The van der Waals surface area contributed by atoms with Crippen LogP contribution in [0.15, 0.2) is 9.95 Å². The van der Waals surface area contributed by atoms with E-state index in [1.165, 1.54) is 23.4 Å². The number of halogens is 1. The van der Waals surface area contributed by atoms with Crippen LogP contribution in [0.3, 0.4) is 0 Å². The molecule has 2 heterocycles. The molecule has 5 atom stereocenters. The quantitative estimate of drug-likeness (QED) is 0.313. The van der Waals surface area contributed by atoms with Gasteiger partial charge < -0.3 is 30.5 Å². The normalized spacial score (nSPS) is 31.2. The van der Waals surface area contributed by atoms with Gasteiger partial charge in [-0.25, -0.2) is 4.98 Å². The van der Waals surface area contributed by atoms with E-state index in [1.807, 2.05) is 0 Å². The fourth-order valence-electron chi connectivity index (χ4n) is 2.19. The number of hydrogen-bond donors (Lipinski definition) is 5. The molecule has 0 aliphatic carbocycles. The predicted molar refractivity (Wildman–Crippen MR) is 83.7 cm³/mol. The molecule has 1 saturated heterocycles. The third kappa shape index (κ3) is 3.48. The lowest BCUT2D eigenvalue weighted by molar-refractivity contribution is -0.221. The van der Waals surface area contributed by atoms with Gasteiger partial charge in [0.1, 0.15) is 29.4 Å². The number of thioether (sulfide) groups is 1. The Morgan fingerprint density at radius 1 is 1.35 bits per heavy atom. The van der Waals surface area contributed by atoms with Crippen LogP contribution in [0.1, 0.15) is 0 Å². The SMILES string of the molecule is CSc1nc(NC2OC(CO)C(O)C(O)C2O)c(Cl)c(=O)n1C. The van der Waals surface area contributed by atoms with Gasteiger partial charge in [-0.1, -0.05) is 23.4 Å². The molecule has 5 unspecified atom stereocenters. The molecule has 1 aliphatic rings. The molecule has 11 heteroatoms. The molecule has 0 bridgehead atoms. The van der Waals surface area contributed by atoms with E-state index in [0.717, 1.165) is 0 Å². The summed E-state index contributed by atoms with van der Waals surface area (Å²) in [4.78, 5) is 16.2. The first-order valence-electron chi connectivity index (χ1n) is 6.69. The smallest absolute Gasteiger partial charge is 0.274 e. The second-order valence-electron chi connectivity index (χ2n) is 5.02. The highest BCUT2D eigenvalue weighted by molar-refractivity contribution is 7.98. The van der Waals surface area contributed by atoms with E-state index in [1.54, 1.807) is 6.26 Å². The van der Waals surface area contributed by atoms with Crippen molar-refractivity contribution < 1.29 is 25.2 Å². The van der Waals surface area contributed by atoms with E-state index in [0.29, 0.717) is 5.16 Å². The Morgan fingerprint density at radius 3 is 2.57 bits per heavy atom. The average Bonchev–Trinajstić information content (AvgIpc) is 2.55. The third-order valence-corrected chi connectivity index (χ3v) is 4.62. The Bertz CT molecular complexity index is 628. The van der Waals surface area contributed by atoms with Crippen LogP contribution < -0.4 is 10.9 Å². The van der Waals surface area contributed by atoms with E-state index in [9.17, 15) is 20.1 Å². The Labute approximate surface area is 140 Å². The summed E-state index contributed by atoms with van der Waals surface area (Å²) in [6.07, 6.45) is -5.07. The lowest BCUT2D eigenvalue weighted by Crippen LogP contribution is -2.60. The summed E-state index contributed by atoms with van der Waals surface area (Å²) >= 11 is 7.19. The molecular weight excluding hydrogens is 350 g/mol. The van der Waals surface area contributed by atoms with Crippen molar-refractivity contribution in [2.75, 3.05) is 18.2 Å². The zero-order valence-corrected chi connectivity index (χ0v) is 14.0. The van der Waals surface area contributed by atoms with Crippen molar-refractivity contribution >= 4 is 29.2 Å². The molecule has 0 amide bonds. The van der Waals surface area contributed by atoms with Gasteiger partial charge in [0.2, 0.25) is 0 Å². The number of nitrogens with one attached hydrogen (secondary N) is 1. The maximum absolute atomic E-state index is 12.0. The van der Waals surface area contributed by atoms with Crippen molar-refractivity contribution in [2.24, 2.45) is 7.05 Å². The van der Waals surface area contributed by atoms with Crippen molar-refractivity contribution in [2.45, 2.75) is 35.8 Å². The first-order valence-corrected chi connectivity index (χ1v) is 8.29. The van der Waals surface area contributed by atoms with Crippen LogP contribution in [-0.2, 0) is 11.8 Å². The van der Waals surface area contributed by atoms with Gasteiger partial charge in [-0.2, -0.15) is 0 Å². The molecule has 1 aliphatic heterocycles. The second-order valence-corrected chi connectivity index (χ2v) is 6.17. The highest BCUT2D eigenvalue weighted by atomic mass is 35.5. The van der Waals surface area contributed by atoms with E-state index in [4.69, 9.17) is 21.4 Å². The highest BCUT2D eigenvalue weighted by Crippen LogP contribution is 2.25. The van der Waals surface area contributed by atoms with E-state index in [-0.39, 0.29) is 10.8 Å². The second kappa shape index (κ2) is 7.34. The monoisotopic (exact) mass is 367 g/mol. The number of hydrogen-bond acceptors (Lipinski definition) is 9. The summed E-state index contributed by atoms with van der Waals surface area (Å²) in [5.41, 5.74) is -0.488. The van der Waals surface area contributed by atoms with Crippen LogP contribution in [0, 0.1) is 0 Å². The molecule has 5 N–H and O–H groups in total. The van der Waals surface area contributed by atoms with Gasteiger partial charge in [-0.15, -0.1) is 0 Å². The third-order valence-electron chi connectivity index (χ3n) is 3.55. The molecular formula is C12H18ClN3O6S. The molecule has 0 aromatic carbocycles. The van der Waals surface area contributed by atoms with Crippen LogP contribution in [0.4, 0.5) is 5.82 Å². The minimum Gasteiger partial charge on any atom is -0.394 e. The average molecular weight is 368 g/mol. The van der Waals surface area contributed by atoms with Crippen molar-refractivity contribution in [1.29, 1.82) is 0 Å². The minimum absolute atomic E-state index is 0.0246. The number of aromatic nitrogens is 2. The first kappa shape index (κ1) is 18.5. The van der Waals surface area contributed by atoms with Gasteiger partial charge in [-0.05, 0) is 6.26 Å². The molecule has 9 nitrogen and oxygen atoms in total. The molecule has 130 valence electrons. The molecule has 0 spiro atoms. The number of ether oxygens (including phenoxy) is 1. The number of anilines is 1. The summed E-state index contributed by atoms with van der Waals surface area (Å²) in [5, 5.41) is 41.5. The van der Waals surface area contributed by atoms with Gasteiger partial charge in [-0.3, -0.25) is 9.36 Å². The fourth-order valence-corrected chi connectivity index (χ4v) is 2.95. The van der Waals surface area contributed by atoms with Crippen LogP contribution >= 0.6 is 23.4 Å². The number of nitrogens with zero attached hydrogens (tertiary/aromatic N) is 2. The summed E-state index contributed by atoms with van der Waals surface area (Å²) in [7, 11) is 1.52. The Hall–Kier alpha value is -0.880. The summed E-state index contributed by atoms with van der Waals surface area (Å²) in [6, 6.07) is 0. The Morgan fingerprint density at radius 2 is 2.00 bits per heavy atom. The van der Waals surface area contributed by atoms with Gasteiger partial charge >= 0.3 is 0 Å². The standard InChI is InChI=1S/C12H18ClN3O6S/c1-16-11(21)5(13)9(15-12(16)23-2)14-10-8(20)7(19)6(18)4(3-17)22-10/h4,6-8,10,14,17-20H,3H2,1-2H3. The molecule has 23 heavy (non-hydrogen) atoms. The van der Waals surface area contributed by atoms with Crippen LogP contribution in [-0.4, -0.2) is 73.5 Å². The van der Waals surface area contributed by atoms with Gasteiger partial charge in [0.25, 0.3) is 5.56 Å². The zero-order valence-electron chi connectivity index (χ0n) is 12.4. The predicted octanol–water partition coefficient (Wildman–Crippen LogP) is -1.63. The molecule has 1 fully saturated rings. The summed E-state index contributed by atoms with van der Waals surface area (Å²) < 4.78 is 6.57. The lowest BCUT2D eigenvalue weighted by atomic mass is 9.98. The van der Waals surface area contributed by atoms with Crippen molar-refractivity contribution in [1.82, 2.24) is 9.55 Å².